The molecule has 6 aliphatic rings. The summed E-state index contributed by atoms with van der Waals surface area (Å²) in [6, 6.07) is 20.3. The minimum Gasteiger partial charge on any atom is -0.481 e. The number of carbonyl (C=O) groups excluding carboxylic acids is 4. The van der Waals surface area contributed by atoms with Crippen LogP contribution in [0.25, 0.3) is 77.8 Å². The van der Waals surface area contributed by atoms with Crippen molar-refractivity contribution in [3.8, 4) is 34.2 Å². The number of ether oxygens (including phenoxy) is 2. The summed E-state index contributed by atoms with van der Waals surface area (Å²) in [5.41, 5.74) is 15.8. The van der Waals surface area contributed by atoms with Crippen LogP contribution in [0.3, 0.4) is 0 Å². The Morgan fingerprint density at radius 3 is 1.17 bits per heavy atom. The van der Waals surface area contributed by atoms with Gasteiger partial charge in [-0.1, -0.05) is 20.6 Å². The van der Waals surface area contributed by atoms with Gasteiger partial charge in [-0.05, 0) is 244 Å². The SMILES string of the molecule is CC(C)(C)OC(=O)N1CCC(C(=O)O)CC1.Cc1nn(C)c2ccc(-c3noc(C4CCN(C(=O)N5CCCCC5)CC4)n3)cc12.Cc1nn(C)c2ccc(-c3noc(C4CCN(C(=O)OC(C)(C)C)CC4)n3)cc12.Cc1nn(C)c2ccc(-c3noc(C4CCNCC4)n3)cc12.Cc1nn(C)c2cnc(/C(N)=N/O)cc12.O=C(Cl)N1CCCCC1. The van der Waals surface area contributed by atoms with Crippen LogP contribution in [0.4, 0.5) is 19.2 Å². The molecule has 35 nitrogen and oxygen atoms in total. The van der Waals surface area contributed by atoms with Crippen LogP contribution in [-0.4, -0.2) is 234 Å². The Balaban J connectivity index is 0.000000138. The first-order chi connectivity index (χ1) is 57.8. The summed E-state index contributed by atoms with van der Waals surface area (Å²) < 4.78 is 34.7. The molecule has 8 aromatic heterocycles. The third-order valence-electron chi connectivity index (χ3n) is 22.5. The zero-order chi connectivity index (χ0) is 86.6. The van der Waals surface area contributed by atoms with Gasteiger partial charge in [0.15, 0.2) is 5.84 Å². The van der Waals surface area contributed by atoms with E-state index in [1.807, 2.05) is 152 Å². The number of fused-ring (bicyclic) bond motifs is 4. The number of likely N-dealkylation sites (tertiary alicyclic amines) is 5. The topological polar surface area (TPSA) is 412 Å². The first-order valence-electron chi connectivity index (χ1n) is 41.7. The van der Waals surface area contributed by atoms with E-state index in [4.69, 9.17) is 50.7 Å². The fourth-order valence-electron chi connectivity index (χ4n) is 15.8. The number of oxime groups is 1. The quantitative estimate of drug-likeness (QED) is 0.0274. The second kappa shape index (κ2) is 39.3. The van der Waals surface area contributed by atoms with Gasteiger partial charge in [0.2, 0.25) is 35.1 Å². The maximum absolute atomic E-state index is 12.7. The standard InChI is InChI=1S/C22H28N6O2.C21H27N5O3.C16H19N5O.C11H19NO4.C9H11N5O.C6H10ClNO/c1-15-18-14-17(6-7-19(18)26(2)24-15)20-23-21(30-25-20)16-8-12-28(13-9-16)22(29)27-10-4-3-5-11-27;1-13-16-12-15(6-7-17(16)25(5)23-13)18-22-19(29-24-18)14-8-10-26(11-9-14)20(27)28-21(2,3)4;1-10-13-9-12(3-4-14(13)21(2)19-10)15-18-16(22-20-15)11-5-7-17-8-6-11;1-11(2,3)16-10(15)12-6-4-8(5-7-12)9(13)14;1-5-6-3-7(9(10)13-15)11-4-8(6)14(2)12-5;7-6(9)8-4-2-1-3-5-8/h6-7,14,16H,3-5,8-13H2,1-2H3;6-7,12,14H,8-11H2,1-5H3;3-4,9,11,17H,5-8H2,1-2H3;8H,4-7H2,1-3H3,(H,13,14);3-4,15H,1-2H3,(H2,10,13);1-5H2. The summed E-state index contributed by atoms with van der Waals surface area (Å²) in [7, 11) is 7.69. The minimum absolute atomic E-state index is 0.000142. The van der Waals surface area contributed by atoms with Crippen LogP contribution < -0.4 is 11.1 Å². The van der Waals surface area contributed by atoms with E-state index in [0.29, 0.717) is 79.9 Å². The summed E-state index contributed by atoms with van der Waals surface area (Å²) in [5.74, 6) is 3.58. The maximum Gasteiger partial charge on any atom is 0.410 e. The fourth-order valence-corrected chi connectivity index (χ4v) is 16.0. The molecule has 0 radical (unpaired) electrons. The number of carboxylic acids is 1. The van der Waals surface area contributed by atoms with Gasteiger partial charge in [-0.25, -0.2) is 14.4 Å². The number of nitrogens with zero attached hydrogens (tertiary/aromatic N) is 21. The molecule has 0 spiro atoms. The van der Waals surface area contributed by atoms with E-state index in [1.54, 1.807) is 31.6 Å². The fraction of sp³-hybridized carbons (Fsp3) is 0.541. The highest BCUT2D eigenvalue weighted by molar-refractivity contribution is 6.62. The van der Waals surface area contributed by atoms with E-state index in [-0.39, 0.29) is 47.2 Å². The highest BCUT2D eigenvalue weighted by atomic mass is 35.5. The molecule has 0 unspecified atom stereocenters. The Kier molecular flexibility index (Phi) is 28.8. The molecule has 0 atom stereocenters. The number of aromatic nitrogens is 15. The Bertz CT molecular complexity index is 5430. The number of piperidine rings is 6. The Labute approximate surface area is 707 Å². The predicted octanol–water partition coefficient (Wildman–Crippen LogP) is 14.1. The zero-order valence-corrected chi connectivity index (χ0v) is 72.6. The number of halogens is 1. The summed E-state index contributed by atoms with van der Waals surface area (Å²) in [5, 5.41) is 57.8. The first kappa shape index (κ1) is 88.7. The second-order valence-corrected chi connectivity index (χ2v) is 34.0. The molecule has 0 bridgehead atoms. The number of carboxylic acid groups (broad SMARTS) is 1. The van der Waals surface area contributed by atoms with E-state index in [0.717, 1.165) is 206 Å². The number of pyridine rings is 1. The van der Waals surface area contributed by atoms with Gasteiger partial charge in [-0.15, -0.1) is 0 Å². The van der Waals surface area contributed by atoms with Gasteiger partial charge in [0.25, 0.3) is 0 Å². The lowest BCUT2D eigenvalue weighted by Gasteiger charge is -2.36. The van der Waals surface area contributed by atoms with Gasteiger partial charge in [0, 0.05) is 150 Å². The Hall–Kier alpha value is -11.6. The number of rotatable bonds is 8. The number of aliphatic carboxylic acids is 1. The van der Waals surface area contributed by atoms with Crippen molar-refractivity contribution in [2.24, 2.45) is 45.0 Å². The molecule has 5 amide bonds. The normalized spacial score (nSPS) is 16.8. The molecule has 6 aliphatic heterocycles. The van der Waals surface area contributed by atoms with Crippen molar-refractivity contribution in [3.05, 3.63) is 113 Å². The number of urea groups is 1. The monoisotopic (exact) mass is 1680 g/mol. The van der Waals surface area contributed by atoms with Crippen LogP contribution in [0.1, 0.15) is 195 Å². The van der Waals surface area contributed by atoms with Crippen LogP contribution >= 0.6 is 11.6 Å². The molecular formula is C85H114ClN23O12. The molecule has 14 heterocycles. The lowest BCUT2D eigenvalue weighted by atomic mass is 9.97. The van der Waals surface area contributed by atoms with Crippen molar-refractivity contribution in [1.29, 1.82) is 0 Å². The predicted molar refractivity (Wildman–Crippen MR) is 456 cm³/mol. The number of amides is 5. The van der Waals surface area contributed by atoms with Crippen molar-refractivity contribution in [2.75, 3.05) is 78.5 Å². The number of hydrogen-bond acceptors (Lipinski definition) is 24. The van der Waals surface area contributed by atoms with Crippen LogP contribution in [0, 0.1) is 33.6 Å². The van der Waals surface area contributed by atoms with Crippen molar-refractivity contribution < 1.29 is 57.3 Å². The van der Waals surface area contributed by atoms with Crippen LogP contribution in [0.5, 0.6) is 0 Å². The van der Waals surface area contributed by atoms with Gasteiger partial charge in [-0.3, -0.25) is 33.3 Å². The number of aryl methyl sites for hydroxylation is 8. The van der Waals surface area contributed by atoms with E-state index < -0.39 is 17.2 Å². The van der Waals surface area contributed by atoms with Gasteiger partial charge in [-0.2, -0.15) is 35.3 Å². The molecule has 3 aromatic carbocycles. The Morgan fingerprint density at radius 1 is 0.471 bits per heavy atom. The molecule has 36 heteroatoms. The van der Waals surface area contributed by atoms with Crippen molar-refractivity contribution >= 4 is 90.6 Å². The van der Waals surface area contributed by atoms with Crippen LogP contribution in [-0.2, 0) is 42.5 Å². The van der Waals surface area contributed by atoms with Gasteiger partial charge in [0.05, 0.1) is 57.0 Å². The zero-order valence-electron chi connectivity index (χ0n) is 71.9. The lowest BCUT2D eigenvalue weighted by molar-refractivity contribution is -0.143. The van der Waals surface area contributed by atoms with E-state index >= 15 is 0 Å². The Morgan fingerprint density at radius 2 is 0.810 bits per heavy atom. The highest BCUT2D eigenvalue weighted by Crippen LogP contribution is 2.35. The van der Waals surface area contributed by atoms with Gasteiger partial charge in [0.1, 0.15) is 16.9 Å². The van der Waals surface area contributed by atoms with E-state index in [2.05, 4.69) is 90.5 Å². The van der Waals surface area contributed by atoms with E-state index in [9.17, 15) is 24.0 Å². The summed E-state index contributed by atoms with van der Waals surface area (Å²) in [4.78, 5) is 84.8. The average Bonchev–Trinajstić information content (AvgIpc) is 1.73. The molecule has 648 valence electrons. The van der Waals surface area contributed by atoms with E-state index in [1.165, 1.54) is 12.8 Å². The molecule has 0 saturated carbocycles. The summed E-state index contributed by atoms with van der Waals surface area (Å²) in [6.45, 7) is 28.2. The smallest absolute Gasteiger partial charge is 0.410 e. The van der Waals surface area contributed by atoms with Gasteiger partial charge >= 0.3 is 29.6 Å². The summed E-state index contributed by atoms with van der Waals surface area (Å²) in [6.07, 6.45) is 14.4. The third kappa shape index (κ3) is 22.5. The van der Waals surface area contributed by atoms with Crippen LogP contribution in [0.2, 0.25) is 0 Å². The molecule has 0 aliphatic carbocycles. The number of nitrogens with two attached hydrogens (primary N) is 1. The molecule has 121 heavy (non-hydrogen) atoms. The van der Waals surface area contributed by atoms with Gasteiger partial charge < -0.3 is 68.9 Å². The molecule has 6 saturated heterocycles. The third-order valence-corrected chi connectivity index (χ3v) is 22.8. The first-order valence-corrected chi connectivity index (χ1v) is 42.1. The average molecular weight is 1690 g/mol. The second-order valence-electron chi connectivity index (χ2n) is 33.7. The number of benzene rings is 3. The lowest BCUT2D eigenvalue weighted by Crippen LogP contribution is -2.48. The number of carbonyl (C=O) groups is 5. The van der Waals surface area contributed by atoms with Crippen molar-refractivity contribution in [3.63, 3.8) is 0 Å². The largest absolute Gasteiger partial charge is 0.481 e. The molecule has 6 fully saturated rings. The number of nitrogens with one attached hydrogen (secondary N) is 1. The number of amidine groups is 1. The molecular weight excluding hydrogens is 1570 g/mol. The van der Waals surface area contributed by atoms with Crippen molar-refractivity contribution in [2.45, 2.75) is 188 Å². The highest BCUT2D eigenvalue weighted by Gasteiger charge is 2.34. The molecule has 5 N–H and O–H groups in total. The number of hydrogen-bond donors (Lipinski definition) is 4. The molecule has 17 rings (SSSR count). The minimum atomic E-state index is -0.774. The molecule has 11 aromatic rings. The summed E-state index contributed by atoms with van der Waals surface area (Å²) >= 11 is 5.24. The van der Waals surface area contributed by atoms with Crippen molar-refractivity contribution in [1.82, 2.24) is 104 Å². The maximum atomic E-state index is 12.7. The van der Waals surface area contributed by atoms with Crippen LogP contribution in [0.15, 0.2) is 85.6 Å².